The van der Waals surface area contributed by atoms with Gasteiger partial charge in [-0.2, -0.15) is 5.26 Å². The van der Waals surface area contributed by atoms with Gasteiger partial charge in [0.25, 0.3) is 0 Å². The zero-order valence-corrected chi connectivity index (χ0v) is 17.5. The molecule has 0 spiro atoms. The average Bonchev–Trinajstić information content (AvgIpc) is 2.69. The van der Waals surface area contributed by atoms with Crippen molar-refractivity contribution in [3.05, 3.63) is 46.5 Å². The molecule has 0 aliphatic carbocycles. The summed E-state index contributed by atoms with van der Waals surface area (Å²) >= 11 is 0. The number of nitrogens with one attached hydrogen (secondary N) is 1. The van der Waals surface area contributed by atoms with Crippen molar-refractivity contribution < 1.29 is 13.9 Å². The van der Waals surface area contributed by atoms with Gasteiger partial charge in [-0.3, -0.25) is 0 Å². The number of nitrogens with two attached hydrogens (primary N) is 1. The fraction of sp³-hybridized carbons (Fsp3) is 0.476. The van der Waals surface area contributed by atoms with Crippen molar-refractivity contribution in [3.8, 4) is 6.07 Å². The van der Waals surface area contributed by atoms with E-state index < -0.39 is 12.1 Å². The number of nitriles is 1. The number of halogens is 1. The van der Waals surface area contributed by atoms with Crippen molar-refractivity contribution in [1.29, 1.82) is 5.26 Å². The Morgan fingerprint density at radius 3 is 2.52 bits per heavy atom. The molecule has 29 heavy (non-hydrogen) atoms. The first-order valence-corrected chi connectivity index (χ1v) is 9.43. The summed E-state index contributed by atoms with van der Waals surface area (Å²) in [5, 5.41) is 12.0. The number of methoxy groups -OCH3 is 2. The Morgan fingerprint density at radius 2 is 2.00 bits per heavy atom. The highest BCUT2D eigenvalue weighted by atomic mass is 19.1. The molecule has 0 saturated carbocycles. The molecule has 7 nitrogen and oxygen atoms in total. The van der Waals surface area contributed by atoms with E-state index in [1.807, 2.05) is 6.92 Å². The minimum atomic E-state index is -0.648. The Balaban J connectivity index is 2.63. The highest BCUT2D eigenvalue weighted by molar-refractivity contribution is 5.60. The molecular formula is C21H28FN5O2. The molecule has 2 aromatic rings. The summed E-state index contributed by atoms with van der Waals surface area (Å²) in [5.41, 5.74) is 7.98. The van der Waals surface area contributed by atoms with Crippen LogP contribution in [0.4, 0.5) is 16.0 Å². The van der Waals surface area contributed by atoms with Gasteiger partial charge in [0, 0.05) is 25.8 Å². The molecule has 0 saturated heterocycles. The maximum absolute atomic E-state index is 14.1. The summed E-state index contributed by atoms with van der Waals surface area (Å²) < 4.78 is 24.9. The predicted molar refractivity (Wildman–Crippen MR) is 109 cm³/mol. The Morgan fingerprint density at radius 1 is 1.31 bits per heavy atom. The molecule has 0 bridgehead atoms. The molecule has 0 unspecified atom stereocenters. The fourth-order valence-electron chi connectivity index (χ4n) is 3.19. The molecule has 0 amide bonds. The van der Waals surface area contributed by atoms with Crippen LogP contribution in [0, 0.1) is 17.1 Å². The van der Waals surface area contributed by atoms with Crippen LogP contribution in [0.3, 0.4) is 0 Å². The molecule has 2 rings (SSSR count). The van der Waals surface area contributed by atoms with Gasteiger partial charge in [0.15, 0.2) is 0 Å². The highest BCUT2D eigenvalue weighted by Crippen LogP contribution is 2.36. The van der Waals surface area contributed by atoms with Crippen molar-refractivity contribution in [2.45, 2.75) is 45.3 Å². The lowest BCUT2D eigenvalue weighted by Crippen LogP contribution is -2.25. The molecule has 0 aliphatic heterocycles. The van der Waals surface area contributed by atoms with E-state index in [1.54, 1.807) is 20.3 Å². The molecular weight excluding hydrogens is 373 g/mol. The number of aryl methyl sites for hydroxylation is 1. The molecule has 0 aromatic carbocycles. The standard InChI is InChI=1S/C21H28FN5O2/c1-6-13-9-15(21(2,3)7-8-23)19(27-18(13)20(28-4)29-5)26-17-10-16(22)14(11-24)12-25-17/h9-10,12,20H,6-8,23H2,1-5H3,(H,25,26,27). The van der Waals surface area contributed by atoms with E-state index in [4.69, 9.17) is 25.5 Å². The van der Waals surface area contributed by atoms with Crippen molar-refractivity contribution >= 4 is 11.6 Å². The lowest BCUT2D eigenvalue weighted by Gasteiger charge is -2.29. The summed E-state index contributed by atoms with van der Waals surface area (Å²) in [6, 6.07) is 5.00. The largest absolute Gasteiger partial charge is 0.350 e. The van der Waals surface area contributed by atoms with Crippen LogP contribution in [0.15, 0.2) is 18.3 Å². The molecule has 0 aliphatic rings. The fourth-order valence-corrected chi connectivity index (χ4v) is 3.19. The zero-order chi connectivity index (χ0) is 21.6. The summed E-state index contributed by atoms with van der Waals surface area (Å²) in [4.78, 5) is 8.90. The monoisotopic (exact) mass is 401 g/mol. The van der Waals surface area contributed by atoms with Gasteiger partial charge in [0.1, 0.15) is 34.8 Å². The van der Waals surface area contributed by atoms with Gasteiger partial charge in [0.2, 0.25) is 6.29 Å². The van der Waals surface area contributed by atoms with E-state index in [2.05, 4.69) is 30.2 Å². The highest BCUT2D eigenvalue weighted by Gasteiger charge is 2.28. The van der Waals surface area contributed by atoms with Gasteiger partial charge in [0.05, 0.1) is 6.20 Å². The van der Waals surface area contributed by atoms with Gasteiger partial charge >= 0.3 is 0 Å². The summed E-state index contributed by atoms with van der Waals surface area (Å²) in [6.45, 7) is 6.71. The second-order valence-electron chi connectivity index (χ2n) is 7.29. The lowest BCUT2D eigenvalue weighted by atomic mass is 9.80. The number of pyridine rings is 2. The summed E-state index contributed by atoms with van der Waals surface area (Å²) in [7, 11) is 3.10. The van der Waals surface area contributed by atoms with E-state index in [1.165, 1.54) is 12.3 Å². The maximum atomic E-state index is 14.1. The number of hydrogen-bond acceptors (Lipinski definition) is 7. The van der Waals surface area contributed by atoms with E-state index in [-0.39, 0.29) is 16.8 Å². The van der Waals surface area contributed by atoms with Gasteiger partial charge in [-0.05, 0) is 36.4 Å². The van der Waals surface area contributed by atoms with Crippen molar-refractivity contribution in [2.24, 2.45) is 5.73 Å². The van der Waals surface area contributed by atoms with Crippen LogP contribution < -0.4 is 11.1 Å². The van der Waals surface area contributed by atoms with E-state index >= 15 is 0 Å². The van der Waals surface area contributed by atoms with E-state index in [9.17, 15) is 4.39 Å². The molecule has 0 fully saturated rings. The second kappa shape index (κ2) is 9.74. The third-order valence-corrected chi connectivity index (χ3v) is 4.89. The SMILES string of the molecule is CCc1cc(C(C)(C)CCN)c(Nc2cc(F)c(C#N)cn2)nc1C(OC)OC. The van der Waals surface area contributed by atoms with Crippen LogP contribution in [-0.2, 0) is 21.3 Å². The average molecular weight is 401 g/mol. The lowest BCUT2D eigenvalue weighted by molar-refractivity contribution is -0.109. The number of ether oxygens (including phenoxy) is 2. The van der Waals surface area contributed by atoms with Crippen molar-refractivity contribution in [3.63, 3.8) is 0 Å². The normalized spacial score (nSPS) is 11.6. The first kappa shape index (κ1) is 22.7. The first-order chi connectivity index (χ1) is 13.8. The van der Waals surface area contributed by atoms with Gasteiger partial charge < -0.3 is 20.5 Å². The smallest absolute Gasteiger partial charge is 0.200 e. The third-order valence-electron chi connectivity index (χ3n) is 4.89. The molecule has 2 heterocycles. The minimum Gasteiger partial charge on any atom is -0.350 e. The molecule has 0 atom stereocenters. The molecule has 156 valence electrons. The molecule has 0 radical (unpaired) electrons. The van der Waals surface area contributed by atoms with Gasteiger partial charge in [-0.15, -0.1) is 0 Å². The quantitative estimate of drug-likeness (QED) is 0.617. The number of hydrogen-bond donors (Lipinski definition) is 2. The first-order valence-electron chi connectivity index (χ1n) is 9.43. The Hall–Kier alpha value is -2.60. The minimum absolute atomic E-state index is 0.118. The van der Waals surface area contributed by atoms with Crippen LogP contribution >= 0.6 is 0 Å². The topological polar surface area (TPSA) is 106 Å². The van der Waals surface area contributed by atoms with Gasteiger partial charge in [-0.1, -0.05) is 20.8 Å². The van der Waals surface area contributed by atoms with Crippen LogP contribution in [0.5, 0.6) is 0 Å². The molecule has 8 heteroatoms. The van der Waals surface area contributed by atoms with Crippen LogP contribution in [-0.4, -0.2) is 30.7 Å². The van der Waals surface area contributed by atoms with E-state index in [0.29, 0.717) is 18.1 Å². The van der Waals surface area contributed by atoms with Crippen molar-refractivity contribution in [2.75, 3.05) is 26.1 Å². The maximum Gasteiger partial charge on any atom is 0.200 e. The summed E-state index contributed by atoms with van der Waals surface area (Å²) in [5.74, 6) is 0.122. The van der Waals surface area contributed by atoms with Crippen LogP contribution in [0.25, 0.3) is 0 Å². The van der Waals surface area contributed by atoms with E-state index in [0.717, 1.165) is 24.0 Å². The zero-order valence-electron chi connectivity index (χ0n) is 17.5. The number of aromatic nitrogens is 2. The Kier molecular flexibility index (Phi) is 7.62. The van der Waals surface area contributed by atoms with Crippen molar-refractivity contribution in [1.82, 2.24) is 9.97 Å². The van der Waals surface area contributed by atoms with Crippen LogP contribution in [0.2, 0.25) is 0 Å². The second-order valence-corrected chi connectivity index (χ2v) is 7.29. The Bertz CT molecular complexity index is 891. The predicted octanol–water partition coefficient (Wildman–Crippen LogP) is 3.71. The summed E-state index contributed by atoms with van der Waals surface area (Å²) in [6.07, 6.45) is 2.03. The number of nitrogens with zero attached hydrogens (tertiary/aromatic N) is 3. The molecule has 2 aromatic heterocycles. The number of anilines is 2. The van der Waals surface area contributed by atoms with Gasteiger partial charge in [-0.25, -0.2) is 14.4 Å². The Labute approximate surface area is 171 Å². The molecule has 3 N–H and O–H groups in total. The number of rotatable bonds is 9. The van der Waals surface area contributed by atoms with Crippen LogP contribution in [0.1, 0.15) is 55.9 Å². The third kappa shape index (κ3) is 5.07.